The van der Waals surface area contributed by atoms with Crippen molar-refractivity contribution in [1.82, 2.24) is 0 Å². The molecule has 0 spiro atoms. The number of hydrogen-bond donors (Lipinski definition) is 1. The van der Waals surface area contributed by atoms with E-state index >= 15 is 0 Å². The van der Waals surface area contributed by atoms with Crippen LogP contribution in [0.4, 0.5) is 0 Å². The molecule has 0 aliphatic carbocycles. The van der Waals surface area contributed by atoms with Gasteiger partial charge in [0.2, 0.25) is 0 Å². The second-order valence-electron chi connectivity index (χ2n) is 3.01. The van der Waals surface area contributed by atoms with Crippen molar-refractivity contribution < 1.29 is 14.6 Å². The molecule has 0 unspecified atom stereocenters. The first-order chi connectivity index (χ1) is 7.04. The highest BCUT2D eigenvalue weighted by atomic mass is 79.9. The van der Waals surface area contributed by atoms with Gasteiger partial charge >= 0.3 is 5.97 Å². The number of hydrogen-bond acceptors (Lipinski definition) is 2. The van der Waals surface area contributed by atoms with Gasteiger partial charge in [-0.05, 0) is 52.2 Å². The Labute approximate surface area is 96.5 Å². The number of rotatable bonds is 3. The first-order valence-electron chi connectivity index (χ1n) is 4.29. The molecular formula is C11H11BrO3. The third kappa shape index (κ3) is 3.09. The molecule has 0 heterocycles. The van der Waals surface area contributed by atoms with E-state index in [-0.39, 0.29) is 0 Å². The second kappa shape index (κ2) is 4.98. The highest BCUT2D eigenvalue weighted by molar-refractivity contribution is 9.10. The lowest BCUT2D eigenvalue weighted by molar-refractivity contribution is -0.131. The summed E-state index contributed by atoms with van der Waals surface area (Å²) in [5.74, 6) is -0.221. The van der Waals surface area contributed by atoms with Crippen LogP contribution in [0.5, 0.6) is 5.75 Å². The minimum Gasteiger partial charge on any atom is -0.496 e. The molecule has 0 amide bonds. The molecule has 1 aromatic rings. The predicted octanol–water partition coefficient (Wildman–Crippen LogP) is 2.86. The topological polar surface area (TPSA) is 46.5 Å². The summed E-state index contributed by atoms with van der Waals surface area (Å²) in [6, 6.07) is 3.68. The summed E-state index contributed by atoms with van der Waals surface area (Å²) >= 11 is 3.34. The Balaban J connectivity index is 3.10. The van der Waals surface area contributed by atoms with Gasteiger partial charge in [-0.1, -0.05) is 0 Å². The zero-order chi connectivity index (χ0) is 11.4. The van der Waals surface area contributed by atoms with Gasteiger partial charge in [0.15, 0.2) is 0 Å². The number of methoxy groups -OCH3 is 1. The average Bonchev–Trinajstić information content (AvgIpc) is 2.18. The molecule has 0 aromatic heterocycles. The van der Waals surface area contributed by atoms with Gasteiger partial charge in [-0.15, -0.1) is 0 Å². The molecule has 0 aliphatic rings. The molecule has 0 saturated carbocycles. The first-order valence-corrected chi connectivity index (χ1v) is 5.09. The number of benzene rings is 1. The smallest absolute Gasteiger partial charge is 0.328 e. The number of aliphatic carboxylic acids is 1. The van der Waals surface area contributed by atoms with Crippen molar-refractivity contribution in [2.24, 2.45) is 0 Å². The predicted molar refractivity (Wildman–Crippen MR) is 62.1 cm³/mol. The van der Waals surface area contributed by atoms with Crippen LogP contribution in [0, 0.1) is 6.92 Å². The van der Waals surface area contributed by atoms with Gasteiger partial charge in [-0.25, -0.2) is 4.79 Å². The number of carboxylic acids is 1. The summed E-state index contributed by atoms with van der Waals surface area (Å²) in [4.78, 5) is 10.4. The van der Waals surface area contributed by atoms with Crippen LogP contribution < -0.4 is 4.74 Å². The van der Waals surface area contributed by atoms with Crippen molar-refractivity contribution in [2.75, 3.05) is 7.11 Å². The lowest BCUT2D eigenvalue weighted by atomic mass is 10.1. The van der Waals surface area contributed by atoms with Gasteiger partial charge in [0, 0.05) is 6.08 Å². The second-order valence-corrected chi connectivity index (χ2v) is 3.87. The zero-order valence-corrected chi connectivity index (χ0v) is 10.0. The molecule has 0 saturated heterocycles. The van der Waals surface area contributed by atoms with E-state index in [1.807, 2.05) is 19.1 Å². The van der Waals surface area contributed by atoms with Gasteiger partial charge in [-0.2, -0.15) is 0 Å². The quantitative estimate of drug-likeness (QED) is 0.860. The van der Waals surface area contributed by atoms with Crippen LogP contribution in [0.15, 0.2) is 22.7 Å². The van der Waals surface area contributed by atoms with Crippen molar-refractivity contribution in [3.05, 3.63) is 33.8 Å². The Morgan fingerprint density at radius 1 is 1.53 bits per heavy atom. The number of aryl methyl sites for hydroxylation is 1. The molecule has 1 rings (SSSR count). The molecule has 3 nitrogen and oxygen atoms in total. The summed E-state index contributed by atoms with van der Waals surface area (Å²) in [6.45, 7) is 1.90. The van der Waals surface area contributed by atoms with Crippen LogP contribution in [0.25, 0.3) is 6.08 Å². The summed E-state index contributed by atoms with van der Waals surface area (Å²) in [5.41, 5.74) is 1.82. The van der Waals surface area contributed by atoms with E-state index in [2.05, 4.69) is 15.9 Å². The van der Waals surface area contributed by atoms with Gasteiger partial charge in [0.25, 0.3) is 0 Å². The monoisotopic (exact) mass is 270 g/mol. The molecule has 1 aromatic carbocycles. The third-order valence-electron chi connectivity index (χ3n) is 1.95. The van der Waals surface area contributed by atoms with Gasteiger partial charge in [-0.3, -0.25) is 0 Å². The maximum Gasteiger partial charge on any atom is 0.328 e. The average molecular weight is 271 g/mol. The first kappa shape index (κ1) is 11.8. The normalized spacial score (nSPS) is 10.6. The van der Waals surface area contributed by atoms with E-state index in [0.29, 0.717) is 0 Å². The summed E-state index contributed by atoms with van der Waals surface area (Å²) in [5, 5.41) is 8.51. The molecule has 4 heteroatoms. The van der Waals surface area contributed by atoms with Crippen molar-refractivity contribution in [3.63, 3.8) is 0 Å². The molecule has 15 heavy (non-hydrogen) atoms. The van der Waals surface area contributed by atoms with E-state index in [0.717, 1.165) is 27.4 Å². The van der Waals surface area contributed by atoms with Crippen LogP contribution in [-0.4, -0.2) is 18.2 Å². The standard InChI is InChI=1S/C11H11BrO3/c1-7-5-10(15-2)9(12)6-8(7)3-4-11(13)14/h3-6H,1-2H3,(H,13,14)/b4-3+. The van der Waals surface area contributed by atoms with Crippen LogP contribution in [0.1, 0.15) is 11.1 Å². The van der Waals surface area contributed by atoms with Crippen molar-refractivity contribution >= 4 is 28.0 Å². The van der Waals surface area contributed by atoms with E-state index in [4.69, 9.17) is 9.84 Å². The fourth-order valence-corrected chi connectivity index (χ4v) is 1.69. The highest BCUT2D eigenvalue weighted by Crippen LogP contribution is 2.28. The van der Waals surface area contributed by atoms with E-state index in [1.54, 1.807) is 13.2 Å². The molecule has 80 valence electrons. The number of ether oxygens (including phenoxy) is 1. The molecule has 1 N–H and O–H groups in total. The Morgan fingerprint density at radius 3 is 2.73 bits per heavy atom. The maximum atomic E-state index is 10.4. The van der Waals surface area contributed by atoms with Crippen molar-refractivity contribution in [3.8, 4) is 5.75 Å². The van der Waals surface area contributed by atoms with Gasteiger partial charge in [0.1, 0.15) is 5.75 Å². The SMILES string of the molecule is COc1cc(C)c(/C=C/C(=O)O)cc1Br. The molecule has 0 atom stereocenters. The van der Waals surface area contributed by atoms with Gasteiger partial charge in [0.05, 0.1) is 11.6 Å². The molecular weight excluding hydrogens is 260 g/mol. The van der Waals surface area contributed by atoms with Crippen LogP contribution >= 0.6 is 15.9 Å². The van der Waals surface area contributed by atoms with Crippen LogP contribution in [-0.2, 0) is 4.79 Å². The van der Waals surface area contributed by atoms with Crippen LogP contribution in [0.2, 0.25) is 0 Å². The van der Waals surface area contributed by atoms with E-state index < -0.39 is 5.97 Å². The largest absolute Gasteiger partial charge is 0.496 e. The minimum atomic E-state index is -0.957. The van der Waals surface area contributed by atoms with Crippen molar-refractivity contribution in [2.45, 2.75) is 6.92 Å². The lowest BCUT2D eigenvalue weighted by Crippen LogP contribution is -1.90. The van der Waals surface area contributed by atoms with E-state index in [9.17, 15) is 4.79 Å². The summed E-state index contributed by atoms with van der Waals surface area (Å²) in [6.07, 6.45) is 2.67. The summed E-state index contributed by atoms with van der Waals surface area (Å²) in [7, 11) is 1.59. The van der Waals surface area contributed by atoms with E-state index in [1.165, 1.54) is 0 Å². The minimum absolute atomic E-state index is 0.736. The maximum absolute atomic E-state index is 10.4. The molecule has 0 radical (unpaired) electrons. The molecule has 0 aliphatic heterocycles. The van der Waals surface area contributed by atoms with Crippen LogP contribution in [0.3, 0.4) is 0 Å². The Bertz CT molecular complexity index is 411. The van der Waals surface area contributed by atoms with Gasteiger partial charge < -0.3 is 9.84 Å². The Hall–Kier alpha value is -1.29. The molecule has 0 bridgehead atoms. The van der Waals surface area contributed by atoms with Crippen molar-refractivity contribution in [1.29, 1.82) is 0 Å². The Morgan fingerprint density at radius 2 is 2.20 bits per heavy atom. The fraction of sp³-hybridized carbons (Fsp3) is 0.182. The fourth-order valence-electron chi connectivity index (χ4n) is 1.17. The molecule has 0 fully saturated rings. The highest BCUT2D eigenvalue weighted by Gasteiger charge is 2.03. The number of carboxylic acid groups (broad SMARTS) is 1. The Kier molecular flexibility index (Phi) is 3.91. The third-order valence-corrected chi connectivity index (χ3v) is 2.57. The lowest BCUT2D eigenvalue weighted by Gasteiger charge is -2.07. The zero-order valence-electron chi connectivity index (χ0n) is 8.45. The number of halogens is 1. The number of carbonyl (C=O) groups is 1. The summed E-state index contributed by atoms with van der Waals surface area (Å²) < 4.78 is 5.93.